The minimum Gasteiger partial charge on any atom is -0.494 e. The molecule has 1 aliphatic rings. The molecule has 9 nitrogen and oxygen atoms in total. The van der Waals surface area contributed by atoms with Gasteiger partial charge in [0, 0.05) is 59.3 Å². The Hall–Kier alpha value is -4.73. The van der Waals surface area contributed by atoms with E-state index in [9.17, 15) is 9.90 Å². The number of hydrogen-bond acceptors (Lipinski definition) is 4. The van der Waals surface area contributed by atoms with E-state index in [1.54, 1.807) is 11.6 Å². The quantitative estimate of drug-likeness (QED) is 0.158. The summed E-state index contributed by atoms with van der Waals surface area (Å²) in [4.78, 5) is 29.2. The largest absolute Gasteiger partial charge is 0.494 e. The number of benzene rings is 3. The van der Waals surface area contributed by atoms with Gasteiger partial charge >= 0.3 is 5.97 Å². The minimum atomic E-state index is -1.01. The summed E-state index contributed by atoms with van der Waals surface area (Å²) in [6, 6.07) is 13.4. The summed E-state index contributed by atoms with van der Waals surface area (Å²) >= 11 is 13.5. The number of amides is 1. The highest BCUT2D eigenvalue weighted by molar-refractivity contribution is 6.35. The number of carboxylic acids is 1. The monoisotopic (exact) mass is 725 g/mol. The molecule has 0 aliphatic carbocycles. The molecule has 11 heteroatoms. The van der Waals surface area contributed by atoms with Crippen LogP contribution in [0.25, 0.3) is 32.9 Å². The minimum absolute atomic E-state index is 0.140. The Kier molecular flexibility index (Phi) is 8.71. The van der Waals surface area contributed by atoms with Crippen LogP contribution in [-0.4, -0.2) is 49.0 Å². The molecule has 0 unspecified atom stereocenters. The molecule has 1 N–H and O–H groups in total. The molecule has 3 aromatic heterocycles. The van der Waals surface area contributed by atoms with Gasteiger partial charge < -0.3 is 23.9 Å². The van der Waals surface area contributed by atoms with Crippen LogP contribution in [0.1, 0.15) is 74.0 Å². The Morgan fingerprint density at radius 1 is 1.02 bits per heavy atom. The molecule has 1 amide bonds. The Bertz CT molecular complexity index is 2410. The molecule has 0 bridgehead atoms. The first-order valence-electron chi connectivity index (χ1n) is 17.1. The third-order valence-corrected chi connectivity index (χ3v) is 11.4. The standard InChI is InChI=1S/C40H41Cl2N5O4/c1-20-17-26(18-21(2)35(20)42)51-16-10-11-27-28-14-15-29(41)34(33-24(5)43-45(8)25(33)6)37(28)47-22(3)19-46(39(48)38(27)47)31-13-9-12-30-32(31)23(4)36(40(49)50)44(30)7/h9,12-15,17-18,22H,10-11,16,19H2,1-8H3,(H,49,50)/t22-/m1/s1. The lowest BCUT2D eigenvalue weighted by atomic mass is 9.98. The van der Waals surface area contributed by atoms with E-state index in [4.69, 9.17) is 33.0 Å². The summed E-state index contributed by atoms with van der Waals surface area (Å²) in [6.07, 6.45) is 1.24. The fourth-order valence-corrected chi connectivity index (χ4v) is 8.50. The molecule has 264 valence electrons. The van der Waals surface area contributed by atoms with Crippen molar-refractivity contribution in [3.05, 3.63) is 97.5 Å². The van der Waals surface area contributed by atoms with Crippen LogP contribution >= 0.6 is 23.2 Å². The second kappa shape index (κ2) is 12.8. The normalized spacial score (nSPS) is 14.6. The SMILES string of the molecule is Cc1cc(OCCCc2c3n(c4c(-c5c(C)nn(C)c5C)c(Cl)ccc24)[C@H](C)CN(c2cccc4c2c(C)c(C(=O)O)n4C)C3=O)cc(C)c1Cl. The molecule has 1 aliphatic heterocycles. The molecule has 0 radical (unpaired) electrons. The average Bonchev–Trinajstić information content (AvgIpc) is 3.65. The van der Waals surface area contributed by atoms with Crippen LogP contribution in [0.15, 0.2) is 42.5 Å². The molecule has 1 atom stereocenters. The predicted molar refractivity (Wildman–Crippen MR) is 204 cm³/mol. The lowest BCUT2D eigenvalue weighted by Gasteiger charge is -2.35. The molecular formula is C40H41Cl2N5O4. The van der Waals surface area contributed by atoms with Crippen molar-refractivity contribution >= 4 is 62.6 Å². The maximum atomic E-state index is 15.1. The second-order valence-electron chi connectivity index (χ2n) is 13.8. The van der Waals surface area contributed by atoms with Gasteiger partial charge in [-0.3, -0.25) is 9.48 Å². The number of hydrogen-bond donors (Lipinski definition) is 1. The van der Waals surface area contributed by atoms with Gasteiger partial charge in [0.2, 0.25) is 0 Å². The summed E-state index contributed by atoms with van der Waals surface area (Å²) in [7, 11) is 3.68. The van der Waals surface area contributed by atoms with Gasteiger partial charge in [-0.05, 0) is 107 Å². The molecule has 0 fully saturated rings. The van der Waals surface area contributed by atoms with E-state index in [0.29, 0.717) is 48.0 Å². The number of aromatic nitrogens is 4. The number of nitrogens with zero attached hydrogens (tertiary/aromatic N) is 5. The van der Waals surface area contributed by atoms with E-state index in [2.05, 4.69) is 11.5 Å². The van der Waals surface area contributed by atoms with E-state index in [1.165, 1.54) is 0 Å². The van der Waals surface area contributed by atoms with E-state index in [1.807, 2.05) is 93.7 Å². The topological polar surface area (TPSA) is 94.5 Å². The molecule has 0 spiro atoms. The lowest BCUT2D eigenvalue weighted by molar-refractivity contribution is 0.0686. The summed E-state index contributed by atoms with van der Waals surface area (Å²) in [6.45, 7) is 12.7. The number of anilines is 1. The van der Waals surface area contributed by atoms with Gasteiger partial charge in [0.25, 0.3) is 5.91 Å². The van der Waals surface area contributed by atoms with Crippen molar-refractivity contribution in [1.29, 1.82) is 0 Å². The van der Waals surface area contributed by atoms with Crippen molar-refractivity contribution in [3.63, 3.8) is 0 Å². The summed E-state index contributed by atoms with van der Waals surface area (Å²) in [5.74, 6) is -0.384. The van der Waals surface area contributed by atoms with Gasteiger partial charge in [0.15, 0.2) is 0 Å². The number of fused-ring (bicyclic) bond motifs is 4. The van der Waals surface area contributed by atoms with E-state index in [0.717, 1.165) is 71.8 Å². The number of aryl methyl sites for hydroxylation is 7. The van der Waals surface area contributed by atoms with E-state index < -0.39 is 5.97 Å². The molecule has 51 heavy (non-hydrogen) atoms. The highest BCUT2D eigenvalue weighted by Gasteiger charge is 2.38. The highest BCUT2D eigenvalue weighted by atomic mass is 35.5. The van der Waals surface area contributed by atoms with Gasteiger partial charge in [-0.25, -0.2) is 4.79 Å². The molecule has 7 rings (SSSR count). The Morgan fingerprint density at radius 3 is 2.37 bits per heavy atom. The number of rotatable bonds is 8. The van der Waals surface area contributed by atoms with Crippen LogP contribution in [0.3, 0.4) is 0 Å². The zero-order chi connectivity index (χ0) is 36.6. The van der Waals surface area contributed by atoms with Gasteiger partial charge in [-0.2, -0.15) is 5.10 Å². The predicted octanol–water partition coefficient (Wildman–Crippen LogP) is 9.31. The van der Waals surface area contributed by atoms with Gasteiger partial charge in [0.1, 0.15) is 17.1 Å². The Morgan fingerprint density at radius 2 is 1.73 bits per heavy atom. The van der Waals surface area contributed by atoms with Crippen molar-refractivity contribution in [2.75, 3.05) is 18.1 Å². The zero-order valence-electron chi connectivity index (χ0n) is 30.1. The van der Waals surface area contributed by atoms with Gasteiger partial charge in [-0.15, -0.1) is 0 Å². The van der Waals surface area contributed by atoms with Crippen LogP contribution < -0.4 is 9.64 Å². The first kappa shape index (κ1) is 34.7. The number of carbonyl (C=O) groups is 2. The van der Waals surface area contributed by atoms with Crippen LogP contribution in [-0.2, 0) is 20.5 Å². The fourth-order valence-electron chi connectivity index (χ4n) is 8.15. The molecule has 3 aromatic carbocycles. The van der Waals surface area contributed by atoms with Crippen LogP contribution in [0, 0.1) is 34.6 Å². The van der Waals surface area contributed by atoms with Crippen LogP contribution in [0.5, 0.6) is 5.75 Å². The fraction of sp³-hybridized carbons (Fsp3) is 0.325. The molecule has 4 heterocycles. The number of carboxylic acid groups (broad SMARTS) is 1. The Labute approximate surface area is 306 Å². The first-order chi connectivity index (χ1) is 24.2. The highest BCUT2D eigenvalue weighted by Crippen LogP contribution is 2.46. The maximum Gasteiger partial charge on any atom is 0.352 e. The molecule has 0 saturated carbocycles. The van der Waals surface area contributed by atoms with E-state index >= 15 is 4.79 Å². The number of ether oxygens (including phenoxy) is 1. The smallest absolute Gasteiger partial charge is 0.352 e. The van der Waals surface area contributed by atoms with Crippen LogP contribution in [0.4, 0.5) is 5.69 Å². The summed E-state index contributed by atoms with van der Waals surface area (Å²) in [5.41, 5.74) is 10.3. The van der Waals surface area contributed by atoms with E-state index in [-0.39, 0.29) is 17.6 Å². The maximum absolute atomic E-state index is 15.1. The molecule has 6 aromatic rings. The number of halogens is 2. The summed E-state index contributed by atoms with van der Waals surface area (Å²) in [5, 5.41) is 17.8. The third kappa shape index (κ3) is 5.40. The number of aromatic carboxylic acids is 1. The average molecular weight is 727 g/mol. The van der Waals surface area contributed by atoms with Crippen molar-refractivity contribution in [2.45, 2.75) is 60.4 Å². The van der Waals surface area contributed by atoms with Gasteiger partial charge in [-0.1, -0.05) is 35.3 Å². The first-order valence-corrected chi connectivity index (χ1v) is 17.9. The van der Waals surface area contributed by atoms with Crippen molar-refractivity contribution in [2.24, 2.45) is 14.1 Å². The number of carbonyl (C=O) groups excluding carboxylic acids is 1. The lowest BCUT2D eigenvalue weighted by Crippen LogP contribution is -2.42. The summed E-state index contributed by atoms with van der Waals surface area (Å²) < 4.78 is 11.9. The zero-order valence-corrected chi connectivity index (χ0v) is 31.6. The molecule has 0 saturated heterocycles. The Balaban J connectivity index is 1.39. The second-order valence-corrected chi connectivity index (χ2v) is 14.6. The van der Waals surface area contributed by atoms with Crippen molar-refractivity contribution in [3.8, 4) is 16.9 Å². The van der Waals surface area contributed by atoms with Crippen molar-refractivity contribution in [1.82, 2.24) is 18.9 Å². The third-order valence-electron chi connectivity index (χ3n) is 10.5. The van der Waals surface area contributed by atoms with Crippen molar-refractivity contribution < 1.29 is 19.4 Å². The van der Waals surface area contributed by atoms with Crippen LogP contribution in [0.2, 0.25) is 10.0 Å². The van der Waals surface area contributed by atoms with Gasteiger partial charge in [0.05, 0.1) is 34.0 Å². The molecular weight excluding hydrogens is 685 g/mol.